The molecule has 14 nitrogen and oxygen atoms in total. The molecule has 0 aromatic rings. The van der Waals surface area contributed by atoms with Crippen LogP contribution in [0, 0.1) is 85.8 Å². The molecule has 0 bridgehead atoms. The number of aliphatic hydroxyl groups excluding tert-OH is 1. The number of hydrogen-bond acceptors (Lipinski definition) is 14. The van der Waals surface area contributed by atoms with Gasteiger partial charge in [-0.25, -0.2) is 0 Å². The predicted octanol–water partition coefficient (Wildman–Crippen LogP) is 16.9. The molecule has 5 saturated heterocycles. The van der Waals surface area contributed by atoms with Crippen molar-refractivity contribution < 1.29 is 86.4 Å². The molecule has 17 aliphatic rings. The van der Waals surface area contributed by atoms with Gasteiger partial charge in [0.25, 0.3) is 0 Å². The van der Waals surface area contributed by atoms with Crippen molar-refractivity contribution in [2.45, 2.75) is 431 Å². The maximum Gasteiger partial charge on any atom is 1.00 e. The van der Waals surface area contributed by atoms with Gasteiger partial charge in [-0.2, -0.15) is 0 Å². The number of rotatable bonds is 8. The molecular formula is C89H158AlCl2LiO14Si3. The Morgan fingerprint density at radius 2 is 0.964 bits per heavy atom. The molecule has 5 heterocycles. The van der Waals surface area contributed by atoms with E-state index in [1.54, 1.807) is 5.57 Å². The predicted molar refractivity (Wildman–Crippen MR) is 450 cm³/mol. The quantitative estimate of drug-likeness (QED) is 0.102. The summed E-state index contributed by atoms with van der Waals surface area (Å²) in [5, 5.41) is 24.2. The molecule has 15 fully saturated rings. The fourth-order valence-electron chi connectivity index (χ4n) is 26.3. The zero-order valence-electron chi connectivity index (χ0n) is 75.1. The Morgan fingerprint density at radius 1 is 0.509 bits per heavy atom. The van der Waals surface area contributed by atoms with E-state index in [1.165, 1.54) is 51.4 Å². The Bertz CT molecular complexity index is 3350. The second kappa shape index (κ2) is 30.7. The average Bonchev–Trinajstić information content (AvgIpc) is 1.46. The van der Waals surface area contributed by atoms with Crippen molar-refractivity contribution in [2.24, 2.45) is 85.8 Å². The summed E-state index contributed by atoms with van der Waals surface area (Å²) < 4.78 is 79.7. The second-order valence-corrected chi connectivity index (χ2v) is 60.3. The van der Waals surface area contributed by atoms with Crippen LogP contribution in [0.4, 0.5) is 0 Å². The van der Waals surface area contributed by atoms with Gasteiger partial charge in [-0.15, -0.1) is 23.2 Å². The minimum absolute atomic E-state index is 0. The van der Waals surface area contributed by atoms with Crippen molar-refractivity contribution >= 4 is 65.5 Å². The molecule has 5 aliphatic heterocycles. The maximum atomic E-state index is 12.7. The van der Waals surface area contributed by atoms with E-state index in [4.69, 9.17) is 79.1 Å². The molecule has 0 aromatic heterocycles. The van der Waals surface area contributed by atoms with Crippen molar-refractivity contribution in [3.05, 3.63) is 23.8 Å². The third kappa shape index (κ3) is 14.9. The topological polar surface area (TPSA) is 158 Å². The fraction of sp³-hybridized carbons (Fsp3) is 0.955. The van der Waals surface area contributed by atoms with Crippen LogP contribution in [0.15, 0.2) is 23.8 Å². The summed E-state index contributed by atoms with van der Waals surface area (Å²) in [5.41, 5.74) is 1.24. The van der Waals surface area contributed by atoms with Crippen molar-refractivity contribution in [1.82, 2.24) is 0 Å². The minimum atomic E-state index is -1.90. The van der Waals surface area contributed by atoms with Gasteiger partial charge < -0.3 is 67.5 Å². The number of epoxide rings is 2. The van der Waals surface area contributed by atoms with Crippen molar-refractivity contribution in [3.8, 4) is 0 Å². The minimum Gasteiger partial charge on any atom is -1.00 e. The molecule has 0 aromatic carbocycles. The number of fused-ring (bicyclic) bond motifs is 24. The van der Waals surface area contributed by atoms with Crippen LogP contribution in [-0.4, -0.2) is 179 Å². The van der Waals surface area contributed by atoms with E-state index in [9.17, 15) is 10.2 Å². The van der Waals surface area contributed by atoms with Gasteiger partial charge in [0.2, 0.25) is 0 Å². The van der Waals surface area contributed by atoms with Crippen LogP contribution in [0.1, 0.15) is 270 Å². The molecule has 2 N–H and O–H groups in total. The summed E-state index contributed by atoms with van der Waals surface area (Å²) in [6.45, 7) is 68.5. The molecule has 21 heteroatoms. The van der Waals surface area contributed by atoms with E-state index in [1.807, 2.05) is 27.7 Å². The molecule has 628 valence electrons. The van der Waals surface area contributed by atoms with Gasteiger partial charge in [-0.05, 0) is 264 Å². The van der Waals surface area contributed by atoms with E-state index in [0.717, 1.165) is 64.6 Å². The molecule has 110 heavy (non-hydrogen) atoms. The number of allylic oxidation sites excluding steroid dienone is 2. The fourth-order valence-corrected chi connectivity index (χ4v) is 30.7. The van der Waals surface area contributed by atoms with E-state index < -0.39 is 47.9 Å². The smallest absolute Gasteiger partial charge is 1.00 e. The summed E-state index contributed by atoms with van der Waals surface area (Å²) in [7, 11) is -5.57. The summed E-state index contributed by atoms with van der Waals surface area (Å²) >= 11 is 9.53. The number of aliphatic hydroxyl groups is 2. The van der Waals surface area contributed by atoms with Crippen LogP contribution in [0.25, 0.3) is 0 Å². The molecule has 30 atom stereocenters. The zero-order valence-corrected chi connectivity index (χ0v) is 78.6. The third-order valence-corrected chi connectivity index (χ3v) is 48.6. The van der Waals surface area contributed by atoms with Crippen LogP contribution in [0.3, 0.4) is 0 Å². The largest absolute Gasteiger partial charge is 1.00 e. The first kappa shape index (κ1) is 92.0. The molecule has 0 radical (unpaired) electrons. The van der Waals surface area contributed by atoms with Crippen LogP contribution in [0.5, 0.6) is 0 Å². The van der Waals surface area contributed by atoms with Crippen molar-refractivity contribution in [1.29, 1.82) is 0 Å². The zero-order chi connectivity index (χ0) is 79.5. The SMILES string of the molecule is CC1(C)O[C@@H]2C3C(=CC[C@@]4(C)C3CC[C@@H]4O[Si](C)(C)C(C)(C)C)[C@@]3(C)CCC=CC3[C@H]2O1.CC1(C)O[C@@H]2C3C[C@H](O)CC[C@]3(C)[C@@]3(O)CC[C@@]4(C)C(CC[C@@H]4O[Si](C)(C)C(C)(C)C)C3[C@H]2O1.CC1(C)O[C@@H]2C3[C@@H]4O[C@@H]4CC[C@]3(C)[C@@]34O[C@@H]3C[C@@]3(C)C(CC[C@@H]3O[Si](C)(C)C(C)(C)C)C4[C@H]2O1.CCOCC.ClCCl.[AlH3].[H-].[Li+]. The van der Waals surface area contributed by atoms with Crippen LogP contribution >= 0.6 is 23.2 Å². The number of hydrogen-bond donors (Lipinski definition) is 2. The Balaban J connectivity index is 0.000000166. The molecule has 0 amide bonds. The van der Waals surface area contributed by atoms with E-state index >= 15 is 0 Å². The molecule has 12 aliphatic carbocycles. The normalized spacial score (nSPS) is 48.7. The van der Waals surface area contributed by atoms with Crippen LogP contribution in [0.2, 0.25) is 54.4 Å². The number of alkyl halides is 2. The number of halogens is 2. The van der Waals surface area contributed by atoms with E-state index in [0.29, 0.717) is 78.4 Å². The van der Waals surface area contributed by atoms with E-state index in [-0.39, 0.29) is 157 Å². The van der Waals surface area contributed by atoms with Crippen LogP contribution in [-0.2, 0) is 55.9 Å². The molecule has 9 unspecified atom stereocenters. The monoisotopic (exact) mass is 1640 g/mol. The Morgan fingerprint density at radius 3 is 1.48 bits per heavy atom. The van der Waals surface area contributed by atoms with Gasteiger partial charge in [-0.1, -0.05) is 128 Å². The molecule has 10 saturated carbocycles. The van der Waals surface area contributed by atoms with Gasteiger partial charge in [-0.3, -0.25) is 0 Å². The van der Waals surface area contributed by atoms with Crippen LogP contribution < -0.4 is 18.9 Å². The summed E-state index contributed by atoms with van der Waals surface area (Å²) in [6.07, 6.45) is 27.6. The van der Waals surface area contributed by atoms with Crippen molar-refractivity contribution in [3.63, 3.8) is 0 Å². The Labute approximate surface area is 705 Å². The van der Waals surface area contributed by atoms with Crippen molar-refractivity contribution in [2.75, 3.05) is 18.6 Å². The third-order valence-electron chi connectivity index (χ3n) is 35.1. The van der Waals surface area contributed by atoms with E-state index in [2.05, 4.69) is 189 Å². The van der Waals surface area contributed by atoms with Gasteiger partial charge in [0, 0.05) is 53.6 Å². The first-order valence-electron chi connectivity index (χ1n) is 43.5. The molecule has 1 spiro atoms. The summed E-state index contributed by atoms with van der Waals surface area (Å²) in [5.74, 6) is 1.64. The van der Waals surface area contributed by atoms with Gasteiger partial charge in [0.1, 0.15) is 5.60 Å². The maximum absolute atomic E-state index is 12.7. The second-order valence-electron chi connectivity index (χ2n) is 45.2. The summed E-state index contributed by atoms with van der Waals surface area (Å²) in [6, 6.07) is 0. The van der Waals surface area contributed by atoms with Gasteiger partial charge in [0.15, 0.2) is 59.7 Å². The first-order chi connectivity index (χ1) is 49.6. The number of ether oxygens (including phenoxy) is 9. The summed E-state index contributed by atoms with van der Waals surface area (Å²) in [4.78, 5) is 0. The Kier molecular flexibility index (Phi) is 25.6. The van der Waals surface area contributed by atoms with Gasteiger partial charge >= 0.3 is 18.9 Å². The van der Waals surface area contributed by atoms with Gasteiger partial charge in [0.05, 0.1) is 90.3 Å². The first-order valence-corrected chi connectivity index (χ1v) is 53.3. The molecular weight excluding hydrogens is 1480 g/mol. The standard InChI is InChI=1S/C28H46O5Si.C28H50O5Si.C28H46O3Si.C4H10O.CH2Cl2.Al.Li.4H/c1-24(2,3)34(8,9)33-17-11-10-15-19-22-23(32-25(4,5)31-22)20-21-16(29-21)12-13-27(20,7)28(19)18(30-28)14-26(15,17)6;1-24(2,3)34(8,9)33-20-11-10-18-21-23-22(31-25(4,5)32-23)19-16-17(29)12-13-27(19,7)28(21,30)15-14-26(18,20)6;1-25(2,3)32(8,9)31-21-14-13-18-22-19(15-17-28(18,21)7)27(6)16-11-10-12-20(27)23-24(22)30-26(4,5)29-23;1-3-5-4-2;2-1-3;;;;;;/h15-23H,10-14H2,1-9H3;17-23,29-30H,10-16H2,1-9H3;10,12,15,18,20-24H,11,13-14,16-17H2,1-9H3;3-4H2,1-2H3;1H2;;;;;;/q;;;;;;+1;;;;-1/t15?,16-,17+,18-,19?,20?,21-,22-,23-,26+,27+,28-;17-,18?,19?,20+,21?,22-,23-,26+,27+,28-;18?,20?,21-,22?,23+,24+,27+,28-;;;;;;;;/m110......../s1. The Hall–Kier alpha value is 1.28. The molecule has 17 rings (SSSR count). The average molecular weight is 1640 g/mol.